The summed E-state index contributed by atoms with van der Waals surface area (Å²) in [5.74, 6) is -3.05. The molecule has 3 aliphatic rings. The Balaban J connectivity index is 1.40. The van der Waals surface area contributed by atoms with Gasteiger partial charge in [0.2, 0.25) is 5.91 Å². The number of ether oxygens (including phenoxy) is 4. The summed E-state index contributed by atoms with van der Waals surface area (Å²) in [4.78, 5) is 61.8. The van der Waals surface area contributed by atoms with E-state index in [9.17, 15) is 19.2 Å². The topological polar surface area (TPSA) is 159 Å². The van der Waals surface area contributed by atoms with Crippen molar-refractivity contribution < 1.29 is 38.1 Å². The van der Waals surface area contributed by atoms with Gasteiger partial charge in [-0.05, 0) is 65.5 Å². The Labute approximate surface area is 297 Å². The average Bonchev–Trinajstić information content (AvgIpc) is 3.68. The van der Waals surface area contributed by atoms with Crippen molar-refractivity contribution in [1.82, 2.24) is 15.2 Å². The van der Waals surface area contributed by atoms with Crippen LogP contribution in [0, 0.1) is 11.8 Å². The van der Waals surface area contributed by atoms with E-state index in [0.717, 1.165) is 5.56 Å². The standard InChI is InChI=1S/C39H46N4O8/c1-6-49-36(47)38-21-25(38)15-11-8-12-16-29(34(45)51-37(2,3)4)33(44)43-23-27(22-39(43,40)35(46)42-38)50-32-20-30(24-13-9-7-10-14-24)41-31-19-26(48-5)17-18-28(31)32/h7,9-11,13-15,17-20,25,27,29H,6,8,12,16,21-23,40H2,1-5H3,(H,42,46)/b15-11-/t25-,27-,29+,38-,39+/m1/s1. The van der Waals surface area contributed by atoms with Crippen molar-refractivity contribution in [3.63, 3.8) is 0 Å². The Hall–Kier alpha value is -4.97. The van der Waals surface area contributed by atoms with Crippen molar-refractivity contribution in [3.8, 4) is 22.8 Å². The zero-order valence-corrected chi connectivity index (χ0v) is 29.8. The predicted molar refractivity (Wildman–Crippen MR) is 189 cm³/mol. The van der Waals surface area contributed by atoms with E-state index in [1.165, 1.54) is 4.90 Å². The van der Waals surface area contributed by atoms with Crippen LogP contribution in [0.2, 0.25) is 0 Å². The van der Waals surface area contributed by atoms with Crippen molar-refractivity contribution in [2.24, 2.45) is 17.6 Å². The zero-order chi connectivity index (χ0) is 36.6. The van der Waals surface area contributed by atoms with Gasteiger partial charge in [0.25, 0.3) is 5.91 Å². The summed E-state index contributed by atoms with van der Waals surface area (Å²) in [5, 5.41) is 3.57. The molecule has 2 amide bonds. The number of nitrogens with zero attached hydrogens (tertiary/aromatic N) is 2. The highest BCUT2D eigenvalue weighted by Gasteiger charge is 2.64. The van der Waals surface area contributed by atoms with Gasteiger partial charge in [-0.2, -0.15) is 0 Å². The minimum atomic E-state index is -1.97. The van der Waals surface area contributed by atoms with Crippen LogP contribution in [-0.2, 0) is 28.7 Å². The van der Waals surface area contributed by atoms with E-state index in [1.54, 1.807) is 40.9 Å². The first-order valence-electron chi connectivity index (χ1n) is 17.5. The molecule has 3 N–H and O–H groups in total. The molecule has 6 rings (SSSR count). The van der Waals surface area contributed by atoms with E-state index in [1.807, 2.05) is 60.7 Å². The Morgan fingerprint density at radius 3 is 2.55 bits per heavy atom. The molecule has 5 atom stereocenters. The Morgan fingerprint density at radius 1 is 1.08 bits per heavy atom. The summed E-state index contributed by atoms with van der Waals surface area (Å²) >= 11 is 0. The van der Waals surface area contributed by atoms with Crippen LogP contribution in [0.1, 0.15) is 59.8 Å². The molecule has 1 aromatic heterocycles. The normalized spacial score (nSPS) is 27.1. The monoisotopic (exact) mass is 698 g/mol. The number of nitrogens with two attached hydrogens (primary N) is 1. The van der Waals surface area contributed by atoms with Crippen LogP contribution in [0.15, 0.2) is 66.7 Å². The number of carbonyl (C=O) groups excluding carboxylic acids is 4. The number of aromatic nitrogens is 1. The van der Waals surface area contributed by atoms with E-state index in [4.69, 9.17) is 29.7 Å². The van der Waals surface area contributed by atoms with Gasteiger partial charge < -0.3 is 34.9 Å². The molecule has 0 radical (unpaired) electrons. The van der Waals surface area contributed by atoms with Crippen LogP contribution >= 0.6 is 0 Å². The number of fused-ring (bicyclic) bond motifs is 3. The summed E-state index contributed by atoms with van der Waals surface area (Å²) < 4.78 is 23.2. The molecule has 2 aliphatic heterocycles. The van der Waals surface area contributed by atoms with E-state index < -0.39 is 52.6 Å². The second-order valence-corrected chi connectivity index (χ2v) is 14.5. The minimum Gasteiger partial charge on any atom is -0.497 e. The zero-order valence-electron chi connectivity index (χ0n) is 29.8. The van der Waals surface area contributed by atoms with Gasteiger partial charge in [-0.15, -0.1) is 0 Å². The molecule has 2 fully saturated rings. The molecule has 1 aliphatic carbocycles. The summed E-state index contributed by atoms with van der Waals surface area (Å²) in [6, 6.07) is 16.9. The van der Waals surface area contributed by atoms with Gasteiger partial charge in [0.1, 0.15) is 34.7 Å². The molecule has 3 aromatic rings. The molecule has 0 bridgehead atoms. The van der Waals surface area contributed by atoms with Gasteiger partial charge >= 0.3 is 11.9 Å². The highest BCUT2D eigenvalue weighted by molar-refractivity contribution is 6.02. The van der Waals surface area contributed by atoms with Crippen LogP contribution in [-0.4, -0.2) is 76.8 Å². The van der Waals surface area contributed by atoms with Crippen LogP contribution in [0.3, 0.4) is 0 Å². The number of hydrogen-bond donors (Lipinski definition) is 2. The smallest absolute Gasteiger partial charge is 0.332 e. The second-order valence-electron chi connectivity index (χ2n) is 14.5. The predicted octanol–water partition coefficient (Wildman–Crippen LogP) is 4.68. The molecule has 1 saturated heterocycles. The first-order valence-corrected chi connectivity index (χ1v) is 17.5. The number of carbonyl (C=O) groups is 4. The van der Waals surface area contributed by atoms with E-state index >= 15 is 0 Å². The first kappa shape index (κ1) is 35.8. The number of nitrogens with one attached hydrogen (secondary N) is 1. The quantitative estimate of drug-likeness (QED) is 0.202. The van der Waals surface area contributed by atoms with Gasteiger partial charge in [0.05, 0.1) is 31.5 Å². The van der Waals surface area contributed by atoms with Gasteiger partial charge in [0.15, 0.2) is 5.66 Å². The molecule has 270 valence electrons. The first-order chi connectivity index (χ1) is 24.3. The minimum absolute atomic E-state index is 0.100. The van der Waals surface area contributed by atoms with Crippen molar-refractivity contribution in [2.75, 3.05) is 20.3 Å². The maximum absolute atomic E-state index is 14.5. The van der Waals surface area contributed by atoms with Crippen LogP contribution in [0.25, 0.3) is 22.2 Å². The molecule has 12 nitrogen and oxygen atoms in total. The number of amides is 2. The third-order valence-electron chi connectivity index (χ3n) is 9.62. The summed E-state index contributed by atoms with van der Waals surface area (Å²) in [6.45, 7) is 6.94. The third-order valence-corrected chi connectivity index (χ3v) is 9.62. The van der Waals surface area contributed by atoms with Gasteiger partial charge in [0, 0.05) is 35.4 Å². The number of esters is 2. The fourth-order valence-electron chi connectivity index (χ4n) is 6.93. The summed E-state index contributed by atoms with van der Waals surface area (Å²) in [6.07, 6.45) is 4.47. The SMILES string of the molecule is CCOC(=O)[C@@]12C[C@H]1/C=C\CCC[C@H](C(=O)OC(C)(C)C)C(=O)N1C[C@H](Oc3cc(-c4ccccc4)nc4cc(OC)ccc34)C[C@@]1(N)C(=O)N2. The van der Waals surface area contributed by atoms with Crippen LogP contribution in [0.5, 0.6) is 11.5 Å². The Morgan fingerprint density at radius 2 is 1.84 bits per heavy atom. The Bertz CT molecular complexity index is 1860. The van der Waals surface area contributed by atoms with Crippen molar-refractivity contribution in [3.05, 3.63) is 66.7 Å². The van der Waals surface area contributed by atoms with Gasteiger partial charge in [-0.3, -0.25) is 14.4 Å². The van der Waals surface area contributed by atoms with Crippen molar-refractivity contribution in [2.45, 2.75) is 82.7 Å². The second kappa shape index (κ2) is 14.0. The highest BCUT2D eigenvalue weighted by Crippen LogP contribution is 2.47. The maximum Gasteiger partial charge on any atom is 0.332 e. The lowest BCUT2D eigenvalue weighted by Crippen LogP contribution is -2.67. The number of benzene rings is 2. The highest BCUT2D eigenvalue weighted by atomic mass is 16.6. The third kappa shape index (κ3) is 7.28. The molecule has 0 spiro atoms. The molecule has 0 unspecified atom stereocenters. The van der Waals surface area contributed by atoms with E-state index in [0.29, 0.717) is 47.4 Å². The molecule has 2 aromatic carbocycles. The number of allylic oxidation sites excluding steroid dienone is 1. The fraction of sp³-hybridized carbons (Fsp3) is 0.462. The number of hydrogen-bond acceptors (Lipinski definition) is 10. The lowest BCUT2D eigenvalue weighted by atomic mass is 9.97. The van der Waals surface area contributed by atoms with E-state index in [2.05, 4.69) is 5.32 Å². The lowest BCUT2D eigenvalue weighted by Gasteiger charge is -2.36. The van der Waals surface area contributed by atoms with Gasteiger partial charge in [-0.25, -0.2) is 9.78 Å². The average molecular weight is 699 g/mol. The van der Waals surface area contributed by atoms with E-state index in [-0.39, 0.29) is 31.9 Å². The fourth-order valence-corrected chi connectivity index (χ4v) is 6.93. The molecular weight excluding hydrogens is 652 g/mol. The van der Waals surface area contributed by atoms with Crippen LogP contribution < -0.4 is 20.5 Å². The summed E-state index contributed by atoms with van der Waals surface area (Å²) in [7, 11) is 1.58. The Kier molecular flexibility index (Phi) is 9.82. The molecule has 1 saturated carbocycles. The van der Waals surface area contributed by atoms with Crippen molar-refractivity contribution in [1.29, 1.82) is 0 Å². The maximum atomic E-state index is 14.5. The molecule has 51 heavy (non-hydrogen) atoms. The van der Waals surface area contributed by atoms with Gasteiger partial charge in [-0.1, -0.05) is 42.5 Å². The number of pyridine rings is 1. The van der Waals surface area contributed by atoms with Crippen molar-refractivity contribution >= 4 is 34.7 Å². The number of methoxy groups -OCH3 is 1. The lowest BCUT2D eigenvalue weighted by molar-refractivity contribution is -0.167. The molecule has 12 heteroatoms. The molecular formula is C39H46N4O8. The summed E-state index contributed by atoms with van der Waals surface area (Å²) in [5.41, 5.74) is 5.00. The van der Waals surface area contributed by atoms with Crippen LogP contribution in [0.4, 0.5) is 0 Å². The molecule has 3 heterocycles. The largest absolute Gasteiger partial charge is 0.497 e. The number of rotatable bonds is 7.